The minimum atomic E-state index is -0.868. The quantitative estimate of drug-likeness (QED) is 0.729. The molecule has 1 aromatic heterocycles. The number of rotatable bonds is 7. The Balaban J connectivity index is 1.84. The summed E-state index contributed by atoms with van der Waals surface area (Å²) in [4.78, 5) is 19.5. The molecule has 1 saturated heterocycles. The molecule has 1 aliphatic rings. The topological polar surface area (TPSA) is 92.6 Å². The number of nitrogens with zero attached hydrogens (tertiary/aromatic N) is 3. The van der Waals surface area contributed by atoms with E-state index in [1.54, 1.807) is 18.3 Å². The van der Waals surface area contributed by atoms with Crippen molar-refractivity contribution in [2.75, 3.05) is 39.3 Å². The lowest BCUT2D eigenvalue weighted by atomic mass is 10.0. The zero-order valence-corrected chi connectivity index (χ0v) is 15.4. The van der Waals surface area contributed by atoms with Crippen LogP contribution in [-0.4, -0.2) is 65.2 Å². The van der Waals surface area contributed by atoms with E-state index >= 15 is 0 Å². The summed E-state index contributed by atoms with van der Waals surface area (Å²) in [5.41, 5.74) is 2.68. The van der Waals surface area contributed by atoms with Gasteiger partial charge in [0.15, 0.2) is 6.61 Å². The van der Waals surface area contributed by atoms with Gasteiger partial charge in [-0.2, -0.15) is 5.26 Å². The van der Waals surface area contributed by atoms with Crippen LogP contribution in [0, 0.1) is 11.3 Å². The zero-order valence-electron chi connectivity index (χ0n) is 15.4. The molecular weight excluding hydrogens is 344 g/mol. The second-order valence-corrected chi connectivity index (χ2v) is 6.91. The highest BCUT2D eigenvalue weighted by Gasteiger charge is 2.32. The number of hydrogen-bond donors (Lipinski definition) is 2. The van der Waals surface area contributed by atoms with E-state index in [2.05, 4.69) is 16.5 Å². The predicted molar refractivity (Wildman–Crippen MR) is 103 cm³/mol. The fourth-order valence-electron chi connectivity index (χ4n) is 3.60. The first-order chi connectivity index (χ1) is 13.0. The summed E-state index contributed by atoms with van der Waals surface area (Å²) in [5, 5.41) is 19.4. The molecule has 2 aromatic rings. The van der Waals surface area contributed by atoms with E-state index in [1.165, 1.54) is 0 Å². The van der Waals surface area contributed by atoms with Gasteiger partial charge in [0.05, 0.1) is 0 Å². The van der Waals surface area contributed by atoms with Gasteiger partial charge in [0, 0.05) is 55.4 Å². The van der Waals surface area contributed by atoms with Crippen LogP contribution in [0.5, 0.6) is 5.75 Å². The first kappa shape index (κ1) is 19.0. The Bertz CT molecular complexity index is 875. The van der Waals surface area contributed by atoms with Gasteiger partial charge in [0.25, 0.3) is 0 Å². The van der Waals surface area contributed by atoms with Crippen molar-refractivity contribution in [2.45, 2.75) is 13.0 Å². The zero-order chi connectivity index (χ0) is 19.4. The van der Waals surface area contributed by atoms with Gasteiger partial charge in [-0.1, -0.05) is 12.2 Å². The second-order valence-electron chi connectivity index (χ2n) is 6.91. The molecule has 0 bridgehead atoms. The number of aromatic amines is 1. The van der Waals surface area contributed by atoms with Gasteiger partial charge >= 0.3 is 5.97 Å². The van der Waals surface area contributed by atoms with Gasteiger partial charge in [-0.05, 0) is 25.1 Å². The smallest absolute Gasteiger partial charge is 0.325 e. The number of fused-ring (bicyclic) bond motifs is 1. The number of benzene rings is 1. The van der Waals surface area contributed by atoms with Crippen molar-refractivity contribution >= 4 is 16.9 Å². The van der Waals surface area contributed by atoms with Crippen LogP contribution in [0.3, 0.4) is 0 Å². The molecule has 0 saturated carbocycles. The van der Waals surface area contributed by atoms with Crippen LogP contribution in [0.2, 0.25) is 0 Å². The molecule has 2 N–H and O–H groups in total. The Hall–Kier alpha value is -2.82. The summed E-state index contributed by atoms with van der Waals surface area (Å²) in [7, 11) is 0. The molecule has 7 heteroatoms. The van der Waals surface area contributed by atoms with Gasteiger partial charge in [-0.3, -0.25) is 14.6 Å². The second kappa shape index (κ2) is 8.25. The Morgan fingerprint density at radius 3 is 2.78 bits per heavy atom. The van der Waals surface area contributed by atoms with Crippen molar-refractivity contribution in [3.05, 3.63) is 42.1 Å². The molecule has 27 heavy (non-hydrogen) atoms. The molecule has 3 rings (SSSR count). The first-order valence-corrected chi connectivity index (χ1v) is 8.94. The van der Waals surface area contributed by atoms with Crippen molar-refractivity contribution in [3.63, 3.8) is 0 Å². The third kappa shape index (κ3) is 4.30. The number of nitriles is 1. The normalized spacial score (nSPS) is 16.7. The summed E-state index contributed by atoms with van der Waals surface area (Å²) in [6.07, 6.45) is 1.76. The fraction of sp³-hybridized carbons (Fsp3) is 0.400. The van der Waals surface area contributed by atoms with Crippen LogP contribution in [-0.2, 0) is 4.79 Å². The molecule has 0 unspecified atom stereocenters. The largest absolute Gasteiger partial charge is 0.480 e. The molecule has 0 aliphatic carbocycles. The fourth-order valence-corrected chi connectivity index (χ4v) is 3.60. The van der Waals surface area contributed by atoms with Gasteiger partial charge < -0.3 is 14.8 Å². The van der Waals surface area contributed by atoms with Crippen molar-refractivity contribution in [2.24, 2.45) is 0 Å². The van der Waals surface area contributed by atoms with Crippen LogP contribution in [0.15, 0.2) is 36.5 Å². The Morgan fingerprint density at radius 2 is 2.15 bits per heavy atom. The van der Waals surface area contributed by atoms with Crippen LogP contribution >= 0.6 is 0 Å². The molecule has 1 aliphatic heterocycles. The Morgan fingerprint density at radius 1 is 1.41 bits per heavy atom. The number of piperazine rings is 1. The number of hydrogen-bond acceptors (Lipinski definition) is 5. The van der Waals surface area contributed by atoms with Gasteiger partial charge in [0.2, 0.25) is 0 Å². The highest BCUT2D eigenvalue weighted by Crippen LogP contribution is 2.31. The highest BCUT2D eigenvalue weighted by molar-refractivity contribution is 5.90. The number of carboxylic acid groups (broad SMARTS) is 1. The van der Waals surface area contributed by atoms with Gasteiger partial charge in [0.1, 0.15) is 17.9 Å². The summed E-state index contributed by atoms with van der Waals surface area (Å²) >= 11 is 0. The van der Waals surface area contributed by atoms with Crippen LogP contribution in [0.4, 0.5) is 0 Å². The van der Waals surface area contributed by atoms with Crippen LogP contribution < -0.4 is 4.74 Å². The van der Waals surface area contributed by atoms with Gasteiger partial charge in [-0.15, -0.1) is 0 Å². The van der Waals surface area contributed by atoms with Crippen molar-refractivity contribution < 1.29 is 14.6 Å². The monoisotopic (exact) mass is 368 g/mol. The minimum Gasteiger partial charge on any atom is -0.480 e. The number of aliphatic carboxylic acids is 1. The average molecular weight is 368 g/mol. The number of nitrogens with one attached hydrogen (secondary N) is 1. The highest BCUT2D eigenvalue weighted by atomic mass is 16.5. The number of carbonyl (C=O) groups is 1. The number of H-pyrrole nitrogens is 1. The lowest BCUT2D eigenvalue weighted by molar-refractivity contribution is -0.144. The Kier molecular flexibility index (Phi) is 5.79. The van der Waals surface area contributed by atoms with E-state index < -0.39 is 12.0 Å². The molecule has 2 heterocycles. The van der Waals surface area contributed by atoms with E-state index in [9.17, 15) is 9.90 Å². The van der Waals surface area contributed by atoms with Gasteiger partial charge in [-0.25, -0.2) is 0 Å². The predicted octanol–water partition coefficient (Wildman–Crippen LogP) is 2.39. The number of ether oxygens (including phenoxy) is 1. The van der Waals surface area contributed by atoms with Crippen molar-refractivity contribution in [3.8, 4) is 11.8 Å². The molecular formula is C20H24N4O3. The average Bonchev–Trinajstić information content (AvgIpc) is 3.04. The lowest BCUT2D eigenvalue weighted by Gasteiger charge is -2.37. The first-order valence-electron chi connectivity index (χ1n) is 8.94. The number of aromatic nitrogens is 1. The third-order valence-corrected chi connectivity index (χ3v) is 4.78. The van der Waals surface area contributed by atoms with Crippen LogP contribution in [0.25, 0.3) is 10.9 Å². The maximum absolute atomic E-state index is 12.1. The summed E-state index contributed by atoms with van der Waals surface area (Å²) in [5.74, 6) is -0.312. The molecule has 142 valence electrons. The Labute approximate surface area is 158 Å². The van der Waals surface area contributed by atoms with E-state index in [-0.39, 0.29) is 6.61 Å². The molecule has 0 spiro atoms. The van der Waals surface area contributed by atoms with E-state index in [4.69, 9.17) is 10.00 Å². The molecule has 0 amide bonds. The summed E-state index contributed by atoms with van der Waals surface area (Å²) in [6, 6.07) is 6.62. The van der Waals surface area contributed by atoms with E-state index in [0.717, 1.165) is 36.1 Å². The van der Waals surface area contributed by atoms with Crippen molar-refractivity contribution in [1.29, 1.82) is 5.26 Å². The molecule has 1 atom stereocenters. The maximum Gasteiger partial charge on any atom is 0.325 e. The summed E-state index contributed by atoms with van der Waals surface area (Å²) in [6.45, 7) is 9.75. The minimum absolute atomic E-state index is 0.0434. The molecule has 7 nitrogen and oxygen atoms in total. The SMILES string of the molecule is C=C(C)CN1CCN([C@@H](C(=O)O)c2c[nH]c3ccc(OCC#N)cc23)CC1. The van der Waals surface area contributed by atoms with Crippen molar-refractivity contribution in [1.82, 2.24) is 14.8 Å². The molecule has 1 fully saturated rings. The number of carboxylic acids is 1. The van der Waals surface area contributed by atoms with E-state index in [0.29, 0.717) is 24.4 Å². The summed E-state index contributed by atoms with van der Waals surface area (Å²) < 4.78 is 5.37. The molecule has 1 aromatic carbocycles. The standard InChI is InChI=1S/C20H24N4O3/c1-14(2)13-23-6-8-24(9-7-23)19(20(25)26)17-12-22-18-4-3-15(11-16(17)18)27-10-5-21/h3-4,11-12,19,22H,1,6-10,13H2,2H3,(H,25,26)/t19-/m1/s1. The molecule has 0 radical (unpaired) electrons. The third-order valence-electron chi connectivity index (χ3n) is 4.78. The maximum atomic E-state index is 12.1. The van der Waals surface area contributed by atoms with Crippen LogP contribution in [0.1, 0.15) is 18.5 Å². The van der Waals surface area contributed by atoms with E-state index in [1.807, 2.05) is 24.0 Å². The lowest BCUT2D eigenvalue weighted by Crippen LogP contribution is -2.49.